The molecule has 1 amide bonds. The fourth-order valence-electron chi connectivity index (χ4n) is 2.96. The molecule has 0 spiro atoms. The number of carbonyl (C=O) groups excluding carboxylic acids is 1. The lowest BCUT2D eigenvalue weighted by atomic mass is 10.2. The maximum atomic E-state index is 12.8. The summed E-state index contributed by atoms with van der Waals surface area (Å²) in [6.07, 6.45) is 8.61. The van der Waals surface area contributed by atoms with Crippen molar-refractivity contribution >= 4 is 27.7 Å². The Labute approximate surface area is 160 Å². The second-order valence-corrected chi connectivity index (χ2v) is 8.36. The number of amides is 1. The van der Waals surface area contributed by atoms with Gasteiger partial charge in [-0.05, 0) is 55.3 Å². The molecule has 0 saturated carbocycles. The van der Waals surface area contributed by atoms with Crippen molar-refractivity contribution in [2.24, 2.45) is 0 Å². The molecule has 1 aliphatic rings. The summed E-state index contributed by atoms with van der Waals surface area (Å²) in [5, 5.41) is 2.72. The zero-order valence-corrected chi connectivity index (χ0v) is 15.9. The Morgan fingerprint density at radius 1 is 1.00 bits per heavy atom. The van der Waals surface area contributed by atoms with Crippen LogP contribution in [0.15, 0.2) is 59.6 Å². The normalized spacial score (nSPS) is 16.1. The molecule has 7 heteroatoms. The van der Waals surface area contributed by atoms with E-state index in [0.717, 1.165) is 25.7 Å². The number of sulfonamides is 1. The highest BCUT2D eigenvalue weighted by Crippen LogP contribution is 2.21. The van der Waals surface area contributed by atoms with Gasteiger partial charge in [0.1, 0.15) is 0 Å². The highest BCUT2D eigenvalue weighted by molar-refractivity contribution is 7.89. The zero-order chi connectivity index (χ0) is 19.1. The zero-order valence-electron chi connectivity index (χ0n) is 15.0. The van der Waals surface area contributed by atoms with Gasteiger partial charge in [0, 0.05) is 31.0 Å². The van der Waals surface area contributed by atoms with Crippen molar-refractivity contribution in [3.8, 4) is 0 Å². The van der Waals surface area contributed by atoms with Crippen molar-refractivity contribution < 1.29 is 13.2 Å². The molecule has 1 aromatic heterocycles. The summed E-state index contributed by atoms with van der Waals surface area (Å²) in [6.45, 7) is 1.14. The van der Waals surface area contributed by atoms with Gasteiger partial charge in [-0.25, -0.2) is 8.42 Å². The van der Waals surface area contributed by atoms with Gasteiger partial charge in [-0.15, -0.1) is 0 Å². The molecule has 0 unspecified atom stereocenters. The number of aromatic nitrogens is 1. The lowest BCUT2D eigenvalue weighted by Crippen LogP contribution is -2.31. The first-order valence-corrected chi connectivity index (χ1v) is 10.5. The second kappa shape index (κ2) is 8.92. The molecule has 2 heterocycles. The first-order valence-electron chi connectivity index (χ1n) is 9.06. The lowest BCUT2D eigenvalue weighted by Gasteiger charge is -2.20. The Bertz CT molecular complexity index is 886. The third kappa shape index (κ3) is 5.24. The number of anilines is 1. The van der Waals surface area contributed by atoms with Crippen molar-refractivity contribution in [3.05, 3.63) is 60.4 Å². The van der Waals surface area contributed by atoms with Crippen LogP contribution in [0.5, 0.6) is 0 Å². The van der Waals surface area contributed by atoms with E-state index in [1.54, 1.807) is 40.8 Å². The molecule has 2 aromatic rings. The summed E-state index contributed by atoms with van der Waals surface area (Å²) in [6, 6.07) is 11.7. The van der Waals surface area contributed by atoms with E-state index in [1.807, 2.05) is 6.07 Å². The molecule has 0 bridgehead atoms. The molecular formula is C20H23N3O3S. The molecule has 1 N–H and O–H groups in total. The molecular weight excluding hydrogens is 362 g/mol. The van der Waals surface area contributed by atoms with Crippen LogP contribution < -0.4 is 5.32 Å². The van der Waals surface area contributed by atoms with Crippen LogP contribution in [0.2, 0.25) is 0 Å². The molecule has 0 radical (unpaired) electrons. The molecule has 142 valence electrons. The number of hydrogen-bond donors (Lipinski definition) is 1. The molecule has 0 atom stereocenters. The highest BCUT2D eigenvalue weighted by Gasteiger charge is 2.24. The van der Waals surface area contributed by atoms with E-state index in [4.69, 9.17) is 0 Å². The van der Waals surface area contributed by atoms with Gasteiger partial charge in [-0.2, -0.15) is 4.31 Å². The number of carbonyl (C=O) groups is 1. The van der Waals surface area contributed by atoms with Crippen LogP contribution in [-0.4, -0.2) is 36.7 Å². The summed E-state index contributed by atoms with van der Waals surface area (Å²) in [5.41, 5.74) is 1.23. The first-order chi connectivity index (χ1) is 13.1. The average Bonchev–Trinajstić information content (AvgIpc) is 2.98. The predicted octanol–water partition coefficient (Wildman–Crippen LogP) is 3.30. The quantitative estimate of drug-likeness (QED) is 0.801. The van der Waals surface area contributed by atoms with Crippen molar-refractivity contribution in [1.82, 2.24) is 9.29 Å². The van der Waals surface area contributed by atoms with E-state index in [1.165, 1.54) is 18.2 Å². The van der Waals surface area contributed by atoms with Gasteiger partial charge >= 0.3 is 0 Å². The van der Waals surface area contributed by atoms with Gasteiger partial charge in [0.2, 0.25) is 15.9 Å². The van der Waals surface area contributed by atoms with E-state index in [0.29, 0.717) is 24.5 Å². The Balaban J connectivity index is 1.64. The molecule has 3 rings (SSSR count). The topological polar surface area (TPSA) is 79.4 Å². The number of pyridine rings is 1. The molecule has 1 aromatic carbocycles. The van der Waals surface area contributed by atoms with Crippen molar-refractivity contribution in [2.45, 2.75) is 30.6 Å². The molecule has 6 nitrogen and oxygen atoms in total. The first kappa shape index (κ1) is 19.3. The summed E-state index contributed by atoms with van der Waals surface area (Å²) >= 11 is 0. The largest absolute Gasteiger partial charge is 0.323 e. The van der Waals surface area contributed by atoms with Crippen molar-refractivity contribution in [2.75, 3.05) is 18.4 Å². The summed E-state index contributed by atoms with van der Waals surface area (Å²) < 4.78 is 27.1. The van der Waals surface area contributed by atoms with Crippen LogP contribution in [0.1, 0.15) is 31.4 Å². The van der Waals surface area contributed by atoms with E-state index < -0.39 is 10.0 Å². The molecule has 27 heavy (non-hydrogen) atoms. The van der Waals surface area contributed by atoms with Gasteiger partial charge < -0.3 is 5.32 Å². The van der Waals surface area contributed by atoms with Gasteiger partial charge in [0.25, 0.3) is 0 Å². The minimum Gasteiger partial charge on any atom is -0.323 e. The molecule has 1 aliphatic heterocycles. The fraction of sp³-hybridized carbons (Fsp3) is 0.300. The van der Waals surface area contributed by atoms with Crippen LogP contribution in [0.3, 0.4) is 0 Å². The predicted molar refractivity (Wildman–Crippen MR) is 106 cm³/mol. The van der Waals surface area contributed by atoms with Crippen LogP contribution in [0.25, 0.3) is 6.08 Å². The van der Waals surface area contributed by atoms with Gasteiger partial charge in [0.15, 0.2) is 0 Å². The summed E-state index contributed by atoms with van der Waals surface area (Å²) in [7, 11) is -3.48. The standard InChI is InChI=1S/C20H23N3O3S/c24-20(13-10-17-7-3-4-14-21-17)22-18-8-11-19(12-9-18)27(25,26)23-15-5-1-2-6-16-23/h3-4,7-14H,1-2,5-6,15-16H2,(H,22,24)/b13-10+. The summed E-state index contributed by atoms with van der Waals surface area (Å²) in [4.78, 5) is 16.4. The van der Waals surface area contributed by atoms with Crippen molar-refractivity contribution in [1.29, 1.82) is 0 Å². The van der Waals surface area contributed by atoms with E-state index in [-0.39, 0.29) is 10.8 Å². The van der Waals surface area contributed by atoms with Gasteiger partial charge in [-0.3, -0.25) is 9.78 Å². The lowest BCUT2D eigenvalue weighted by molar-refractivity contribution is -0.111. The third-order valence-corrected chi connectivity index (χ3v) is 6.33. The molecule has 1 fully saturated rings. The van der Waals surface area contributed by atoms with Crippen LogP contribution in [-0.2, 0) is 14.8 Å². The minimum absolute atomic E-state index is 0.256. The second-order valence-electron chi connectivity index (χ2n) is 6.42. The number of nitrogens with one attached hydrogen (secondary N) is 1. The monoisotopic (exact) mass is 385 g/mol. The van der Waals surface area contributed by atoms with Crippen LogP contribution >= 0.6 is 0 Å². The number of hydrogen-bond acceptors (Lipinski definition) is 4. The fourth-order valence-corrected chi connectivity index (χ4v) is 4.48. The SMILES string of the molecule is O=C(/C=C/c1ccccn1)Nc1ccc(S(=O)(=O)N2CCCCCC2)cc1. The molecule has 0 aliphatic carbocycles. The van der Waals surface area contributed by atoms with Crippen LogP contribution in [0.4, 0.5) is 5.69 Å². The highest BCUT2D eigenvalue weighted by atomic mass is 32.2. The van der Waals surface area contributed by atoms with Gasteiger partial charge in [0.05, 0.1) is 10.6 Å². The summed E-state index contributed by atoms with van der Waals surface area (Å²) in [5.74, 6) is -0.302. The number of rotatable bonds is 5. The minimum atomic E-state index is -3.48. The Hall–Kier alpha value is -2.51. The average molecular weight is 385 g/mol. The number of nitrogens with zero attached hydrogens (tertiary/aromatic N) is 2. The van der Waals surface area contributed by atoms with E-state index in [9.17, 15) is 13.2 Å². The van der Waals surface area contributed by atoms with Gasteiger partial charge in [-0.1, -0.05) is 18.9 Å². The van der Waals surface area contributed by atoms with E-state index in [2.05, 4.69) is 10.3 Å². The van der Waals surface area contributed by atoms with E-state index >= 15 is 0 Å². The number of benzene rings is 1. The maximum Gasteiger partial charge on any atom is 0.248 e. The van der Waals surface area contributed by atoms with Crippen molar-refractivity contribution in [3.63, 3.8) is 0 Å². The van der Waals surface area contributed by atoms with Crippen LogP contribution in [0, 0.1) is 0 Å². The Kier molecular flexibility index (Phi) is 6.36. The maximum absolute atomic E-state index is 12.8. The Morgan fingerprint density at radius 3 is 2.33 bits per heavy atom. The molecule has 1 saturated heterocycles. The Morgan fingerprint density at radius 2 is 1.70 bits per heavy atom. The smallest absolute Gasteiger partial charge is 0.248 e. The third-order valence-electron chi connectivity index (χ3n) is 4.42.